The highest BCUT2D eigenvalue weighted by atomic mass is 32.2. The Morgan fingerprint density at radius 2 is 2.12 bits per heavy atom. The van der Waals surface area contributed by atoms with Crippen LogP contribution in [0.3, 0.4) is 0 Å². The van der Waals surface area contributed by atoms with Gasteiger partial charge in [0.25, 0.3) is 5.56 Å². The minimum atomic E-state index is -0.353. The Labute approximate surface area is 146 Å². The molecule has 0 fully saturated rings. The molecule has 0 aliphatic rings. The molecule has 1 aromatic heterocycles. The summed E-state index contributed by atoms with van der Waals surface area (Å²) in [6, 6.07) is 7.32. The van der Waals surface area contributed by atoms with Gasteiger partial charge in [0.05, 0.1) is 16.2 Å². The lowest BCUT2D eigenvalue weighted by atomic mass is 10.2. The van der Waals surface area contributed by atoms with Gasteiger partial charge in [0.2, 0.25) is 5.91 Å². The molecule has 0 bridgehead atoms. The number of rotatable bonds is 7. The summed E-state index contributed by atoms with van der Waals surface area (Å²) in [5.41, 5.74) is 0.597. The van der Waals surface area contributed by atoms with Gasteiger partial charge in [-0.3, -0.25) is 14.2 Å². The van der Waals surface area contributed by atoms with E-state index >= 15 is 0 Å². The molecule has 24 heavy (non-hydrogen) atoms. The van der Waals surface area contributed by atoms with Gasteiger partial charge in [0, 0.05) is 12.6 Å². The van der Waals surface area contributed by atoms with E-state index in [0.29, 0.717) is 22.6 Å². The van der Waals surface area contributed by atoms with Crippen LogP contribution in [0.4, 0.5) is 0 Å². The zero-order valence-electron chi connectivity index (χ0n) is 14.3. The van der Waals surface area contributed by atoms with Crippen LogP contribution in [0.1, 0.15) is 33.2 Å². The second-order valence-corrected chi connectivity index (χ2v) is 6.95. The molecule has 1 amide bonds. The fourth-order valence-electron chi connectivity index (χ4n) is 2.31. The second-order valence-electron chi connectivity index (χ2n) is 5.64. The van der Waals surface area contributed by atoms with Crippen LogP contribution < -0.4 is 10.9 Å². The number of nitrogens with zero attached hydrogens (tertiary/aromatic N) is 2. The Hall–Kier alpha value is -2.08. The number of hydrogen-bond donors (Lipinski definition) is 1. The molecule has 0 unspecified atom stereocenters. The van der Waals surface area contributed by atoms with Crippen molar-refractivity contribution in [1.82, 2.24) is 14.9 Å². The smallest absolute Gasteiger partial charge is 0.262 e. The summed E-state index contributed by atoms with van der Waals surface area (Å²) in [6.45, 7) is 9.84. The van der Waals surface area contributed by atoms with Crippen molar-refractivity contribution in [3.8, 4) is 0 Å². The molecule has 128 valence electrons. The number of amides is 1. The Balaban J connectivity index is 2.46. The van der Waals surface area contributed by atoms with Crippen molar-refractivity contribution in [3.05, 3.63) is 47.3 Å². The fourth-order valence-corrected chi connectivity index (χ4v) is 3.34. The standard InChI is InChI=1S/C18H23N3O2S/c1-5-11-19-16(22)13(4)24-18-20-15-10-8-7-9-14(15)17(23)21(18)12(3)6-2/h5,7-10,12-13H,1,6,11H2,2-4H3,(H,19,22)/t12-,13+/m0/s1. The van der Waals surface area contributed by atoms with E-state index < -0.39 is 0 Å². The van der Waals surface area contributed by atoms with Crippen LogP contribution in [-0.4, -0.2) is 27.3 Å². The second kappa shape index (κ2) is 8.15. The van der Waals surface area contributed by atoms with Crippen LogP contribution in [0.25, 0.3) is 10.9 Å². The van der Waals surface area contributed by atoms with Gasteiger partial charge < -0.3 is 5.32 Å². The van der Waals surface area contributed by atoms with Crippen molar-refractivity contribution in [2.24, 2.45) is 0 Å². The average Bonchev–Trinajstić information content (AvgIpc) is 2.59. The largest absolute Gasteiger partial charge is 0.352 e. The van der Waals surface area contributed by atoms with Crippen molar-refractivity contribution in [2.75, 3.05) is 6.54 Å². The molecule has 1 N–H and O–H groups in total. The average molecular weight is 345 g/mol. The lowest BCUT2D eigenvalue weighted by Gasteiger charge is -2.20. The number of fused-ring (bicyclic) bond motifs is 1. The van der Waals surface area contributed by atoms with Gasteiger partial charge in [-0.15, -0.1) is 6.58 Å². The molecular weight excluding hydrogens is 322 g/mol. The number of hydrogen-bond acceptors (Lipinski definition) is 4. The van der Waals surface area contributed by atoms with Crippen molar-refractivity contribution in [3.63, 3.8) is 0 Å². The summed E-state index contributed by atoms with van der Waals surface area (Å²) in [5, 5.41) is 3.60. The molecule has 0 saturated carbocycles. The Kier molecular flexibility index (Phi) is 6.20. The van der Waals surface area contributed by atoms with Crippen molar-refractivity contribution >= 4 is 28.6 Å². The molecule has 5 nitrogen and oxygen atoms in total. The topological polar surface area (TPSA) is 64.0 Å². The number of aromatic nitrogens is 2. The third-order valence-electron chi connectivity index (χ3n) is 3.88. The van der Waals surface area contributed by atoms with Crippen LogP contribution in [-0.2, 0) is 4.79 Å². The molecule has 0 aliphatic carbocycles. The first kappa shape index (κ1) is 18.3. The Morgan fingerprint density at radius 1 is 1.42 bits per heavy atom. The summed E-state index contributed by atoms with van der Waals surface area (Å²) >= 11 is 1.31. The lowest BCUT2D eigenvalue weighted by molar-refractivity contribution is -0.120. The summed E-state index contributed by atoms with van der Waals surface area (Å²) in [7, 11) is 0. The van der Waals surface area contributed by atoms with Crippen molar-refractivity contribution < 1.29 is 4.79 Å². The van der Waals surface area contributed by atoms with Crippen LogP contribution in [0, 0.1) is 0 Å². The summed E-state index contributed by atoms with van der Waals surface area (Å²) in [4.78, 5) is 29.6. The highest BCUT2D eigenvalue weighted by Crippen LogP contribution is 2.25. The van der Waals surface area contributed by atoms with Crippen LogP contribution in [0.15, 0.2) is 46.9 Å². The minimum absolute atomic E-state index is 0.0144. The van der Waals surface area contributed by atoms with Gasteiger partial charge in [-0.25, -0.2) is 4.98 Å². The quantitative estimate of drug-likeness (QED) is 0.476. The van der Waals surface area contributed by atoms with E-state index in [9.17, 15) is 9.59 Å². The van der Waals surface area contributed by atoms with Crippen molar-refractivity contribution in [1.29, 1.82) is 0 Å². The van der Waals surface area contributed by atoms with Gasteiger partial charge in [-0.05, 0) is 32.4 Å². The van der Waals surface area contributed by atoms with Gasteiger partial charge in [-0.1, -0.05) is 36.9 Å². The first-order chi connectivity index (χ1) is 11.5. The van der Waals surface area contributed by atoms with Gasteiger partial charge in [0.1, 0.15) is 0 Å². The Morgan fingerprint density at radius 3 is 2.79 bits per heavy atom. The predicted octanol–water partition coefficient (Wildman–Crippen LogP) is 3.15. The maximum absolute atomic E-state index is 12.9. The van der Waals surface area contributed by atoms with Gasteiger partial charge in [0.15, 0.2) is 5.16 Å². The number of nitrogens with one attached hydrogen (secondary N) is 1. The van der Waals surface area contributed by atoms with Gasteiger partial charge >= 0.3 is 0 Å². The van der Waals surface area contributed by atoms with E-state index in [-0.39, 0.29) is 22.8 Å². The number of carbonyl (C=O) groups excluding carboxylic acids is 1. The van der Waals surface area contributed by atoms with E-state index in [2.05, 4.69) is 16.9 Å². The third kappa shape index (κ3) is 3.87. The first-order valence-electron chi connectivity index (χ1n) is 8.06. The predicted molar refractivity (Wildman–Crippen MR) is 99.5 cm³/mol. The van der Waals surface area contributed by atoms with E-state index in [1.807, 2.05) is 39.0 Å². The maximum Gasteiger partial charge on any atom is 0.262 e. The number of benzene rings is 1. The van der Waals surface area contributed by atoms with Crippen molar-refractivity contribution in [2.45, 2.75) is 43.6 Å². The fraction of sp³-hybridized carbons (Fsp3) is 0.389. The first-order valence-corrected chi connectivity index (χ1v) is 8.94. The zero-order chi connectivity index (χ0) is 17.7. The van der Waals surface area contributed by atoms with Gasteiger partial charge in [-0.2, -0.15) is 0 Å². The molecule has 1 heterocycles. The summed E-state index contributed by atoms with van der Waals surface area (Å²) in [6.07, 6.45) is 2.45. The SMILES string of the molecule is C=CCNC(=O)[C@@H](C)Sc1nc2ccccc2c(=O)n1[C@@H](C)CC. The lowest BCUT2D eigenvalue weighted by Crippen LogP contribution is -2.32. The highest BCUT2D eigenvalue weighted by molar-refractivity contribution is 8.00. The number of para-hydroxylation sites is 1. The normalized spacial score (nSPS) is 13.5. The molecule has 2 aromatic rings. The van der Waals surface area contributed by atoms with E-state index in [1.54, 1.807) is 16.7 Å². The molecule has 0 spiro atoms. The van der Waals surface area contributed by atoms with Crippen LogP contribution >= 0.6 is 11.8 Å². The molecule has 2 rings (SSSR count). The van der Waals surface area contributed by atoms with E-state index in [4.69, 9.17) is 0 Å². The molecule has 0 aliphatic heterocycles. The maximum atomic E-state index is 12.9. The Bertz CT molecular complexity index is 800. The van der Waals surface area contributed by atoms with Crippen LogP contribution in [0.5, 0.6) is 0 Å². The molecular formula is C18H23N3O2S. The molecule has 1 aromatic carbocycles. The van der Waals surface area contributed by atoms with E-state index in [1.165, 1.54) is 11.8 Å². The minimum Gasteiger partial charge on any atom is -0.352 e. The van der Waals surface area contributed by atoms with Crippen LogP contribution in [0.2, 0.25) is 0 Å². The highest BCUT2D eigenvalue weighted by Gasteiger charge is 2.20. The molecule has 6 heteroatoms. The summed E-state index contributed by atoms with van der Waals surface area (Å²) in [5.74, 6) is -0.0991. The molecule has 2 atom stereocenters. The summed E-state index contributed by atoms with van der Waals surface area (Å²) < 4.78 is 1.70. The molecule has 0 radical (unpaired) electrons. The number of thioether (sulfide) groups is 1. The monoisotopic (exact) mass is 345 g/mol. The number of carbonyl (C=O) groups is 1. The molecule has 0 saturated heterocycles. The third-order valence-corrected chi connectivity index (χ3v) is 4.95. The van der Waals surface area contributed by atoms with E-state index in [0.717, 1.165) is 6.42 Å². The zero-order valence-corrected chi connectivity index (χ0v) is 15.1.